The van der Waals surface area contributed by atoms with E-state index < -0.39 is 21.8 Å². The van der Waals surface area contributed by atoms with Crippen LogP contribution in [0.3, 0.4) is 0 Å². The lowest BCUT2D eigenvalue weighted by atomic mass is 10.1. The molecule has 31 heavy (non-hydrogen) atoms. The molecule has 0 saturated carbocycles. The summed E-state index contributed by atoms with van der Waals surface area (Å²) < 4.78 is 33.5. The average molecular weight is 445 g/mol. The molecule has 3 aromatic rings. The van der Waals surface area contributed by atoms with Crippen LogP contribution in [0.1, 0.15) is 25.0 Å². The number of fused-ring (bicyclic) bond motifs is 1. The first-order chi connectivity index (χ1) is 14.7. The number of nitrogens with one attached hydrogen (secondary N) is 1. The molecule has 0 radical (unpaired) electrons. The molecule has 0 fully saturated rings. The van der Waals surface area contributed by atoms with Crippen molar-refractivity contribution < 1.29 is 22.4 Å². The molecule has 0 saturated heterocycles. The Labute approximate surface area is 180 Å². The van der Waals surface area contributed by atoms with E-state index in [4.69, 9.17) is 14.3 Å². The van der Waals surface area contributed by atoms with Crippen molar-refractivity contribution in [1.82, 2.24) is 5.32 Å². The minimum absolute atomic E-state index is 0.0413. The highest BCUT2D eigenvalue weighted by Crippen LogP contribution is 2.23. The molecule has 8 nitrogen and oxygen atoms in total. The van der Waals surface area contributed by atoms with Crippen molar-refractivity contribution in [3.8, 4) is 5.75 Å². The molecule has 0 aliphatic rings. The van der Waals surface area contributed by atoms with E-state index in [0.29, 0.717) is 30.7 Å². The number of rotatable bonds is 8. The molecular formula is C22H24N2O6S. The van der Waals surface area contributed by atoms with Gasteiger partial charge in [-0.3, -0.25) is 4.79 Å². The number of hydrogen-bond acceptors (Lipinski definition) is 6. The number of hydrogen-bond donors (Lipinski definition) is 2. The van der Waals surface area contributed by atoms with E-state index in [1.165, 1.54) is 18.2 Å². The summed E-state index contributed by atoms with van der Waals surface area (Å²) in [6, 6.07) is 12.8. The standard InChI is InChI=1S/C22H24N2O6S/c1-3-16-12-21(25)30-20-13-17(6-9-19(16)20)29-14(2)22(26)24-11-10-15-4-7-18(8-5-15)31(23,27)28/h4-9,12-14H,3,10-11H2,1-2H3,(H,24,26)(H2,23,27,28)/t14-/m1/s1. The highest BCUT2D eigenvalue weighted by Gasteiger charge is 2.15. The van der Waals surface area contributed by atoms with Crippen LogP contribution in [0, 0.1) is 0 Å². The Hall–Kier alpha value is -3.17. The number of ether oxygens (including phenoxy) is 1. The lowest BCUT2D eigenvalue weighted by molar-refractivity contribution is -0.127. The molecule has 9 heteroatoms. The molecule has 3 N–H and O–H groups in total. The van der Waals surface area contributed by atoms with Crippen LogP contribution in [0.15, 0.2) is 62.6 Å². The summed E-state index contributed by atoms with van der Waals surface area (Å²) in [4.78, 5) is 24.1. The first-order valence-electron chi connectivity index (χ1n) is 9.80. The zero-order chi connectivity index (χ0) is 22.6. The topological polar surface area (TPSA) is 129 Å². The second-order valence-corrected chi connectivity index (χ2v) is 8.65. The maximum absolute atomic E-state index is 12.3. The Kier molecular flexibility index (Phi) is 6.77. The van der Waals surface area contributed by atoms with Crippen LogP contribution in [-0.2, 0) is 27.7 Å². The fraction of sp³-hybridized carbons (Fsp3) is 0.273. The fourth-order valence-electron chi connectivity index (χ4n) is 3.15. The predicted octanol–water partition coefficient (Wildman–Crippen LogP) is 2.13. The molecule has 3 rings (SSSR count). The number of carbonyl (C=O) groups is 1. The van der Waals surface area contributed by atoms with Crippen molar-refractivity contribution in [3.05, 3.63) is 70.1 Å². The van der Waals surface area contributed by atoms with E-state index in [2.05, 4.69) is 5.32 Å². The van der Waals surface area contributed by atoms with Crippen LogP contribution in [0.25, 0.3) is 11.0 Å². The highest BCUT2D eigenvalue weighted by molar-refractivity contribution is 7.89. The summed E-state index contributed by atoms with van der Waals surface area (Å²) in [6.45, 7) is 3.94. The Morgan fingerprint density at radius 1 is 1.16 bits per heavy atom. The third kappa shape index (κ3) is 5.71. The fourth-order valence-corrected chi connectivity index (χ4v) is 3.67. The van der Waals surface area contributed by atoms with Gasteiger partial charge in [-0.1, -0.05) is 19.1 Å². The van der Waals surface area contributed by atoms with Crippen LogP contribution in [0.2, 0.25) is 0 Å². The number of aryl methyl sites for hydroxylation is 1. The normalized spacial score (nSPS) is 12.5. The van der Waals surface area contributed by atoms with Crippen LogP contribution in [0.4, 0.5) is 0 Å². The highest BCUT2D eigenvalue weighted by atomic mass is 32.2. The number of nitrogens with two attached hydrogens (primary N) is 1. The molecule has 2 aromatic carbocycles. The third-order valence-electron chi connectivity index (χ3n) is 4.83. The minimum atomic E-state index is -3.73. The lowest BCUT2D eigenvalue weighted by Gasteiger charge is -2.15. The second-order valence-electron chi connectivity index (χ2n) is 7.09. The summed E-state index contributed by atoms with van der Waals surface area (Å²) in [6.07, 6.45) is 0.458. The van der Waals surface area contributed by atoms with Crippen molar-refractivity contribution >= 4 is 26.9 Å². The van der Waals surface area contributed by atoms with Crippen LogP contribution >= 0.6 is 0 Å². The van der Waals surface area contributed by atoms with E-state index >= 15 is 0 Å². The van der Waals surface area contributed by atoms with Gasteiger partial charge in [-0.2, -0.15) is 0 Å². The molecule has 1 aromatic heterocycles. The number of primary sulfonamides is 1. The van der Waals surface area contributed by atoms with Gasteiger partial charge in [0.25, 0.3) is 5.91 Å². The molecule has 0 unspecified atom stereocenters. The molecule has 1 atom stereocenters. The maximum atomic E-state index is 12.3. The Balaban J connectivity index is 1.57. The van der Waals surface area contributed by atoms with E-state index in [1.807, 2.05) is 13.0 Å². The molecule has 0 aliphatic carbocycles. The minimum Gasteiger partial charge on any atom is -0.481 e. The lowest BCUT2D eigenvalue weighted by Crippen LogP contribution is -2.37. The van der Waals surface area contributed by atoms with Gasteiger partial charge >= 0.3 is 5.63 Å². The number of carbonyl (C=O) groups excluding carboxylic acids is 1. The van der Waals surface area contributed by atoms with Gasteiger partial charge < -0.3 is 14.5 Å². The predicted molar refractivity (Wildman–Crippen MR) is 116 cm³/mol. The quantitative estimate of drug-likeness (QED) is 0.512. The summed E-state index contributed by atoms with van der Waals surface area (Å²) in [7, 11) is -3.73. The van der Waals surface area contributed by atoms with Crippen molar-refractivity contribution in [2.45, 2.75) is 37.7 Å². The number of amides is 1. The van der Waals surface area contributed by atoms with E-state index in [0.717, 1.165) is 16.5 Å². The Bertz CT molecular complexity index is 1250. The van der Waals surface area contributed by atoms with Crippen molar-refractivity contribution in [2.75, 3.05) is 6.54 Å². The van der Waals surface area contributed by atoms with Gasteiger partial charge in [0.05, 0.1) is 4.90 Å². The molecule has 1 heterocycles. The van der Waals surface area contributed by atoms with Crippen LogP contribution in [0.5, 0.6) is 5.75 Å². The van der Waals surface area contributed by atoms with E-state index in [1.54, 1.807) is 31.2 Å². The van der Waals surface area contributed by atoms with Crippen molar-refractivity contribution in [3.63, 3.8) is 0 Å². The van der Waals surface area contributed by atoms with E-state index in [-0.39, 0.29) is 10.8 Å². The summed E-state index contributed by atoms with van der Waals surface area (Å²) in [5.41, 5.74) is 1.74. The second kappa shape index (κ2) is 9.32. The summed E-state index contributed by atoms with van der Waals surface area (Å²) >= 11 is 0. The average Bonchev–Trinajstić information content (AvgIpc) is 2.72. The molecule has 0 spiro atoms. The monoisotopic (exact) mass is 444 g/mol. The zero-order valence-corrected chi connectivity index (χ0v) is 18.1. The Morgan fingerprint density at radius 2 is 1.87 bits per heavy atom. The van der Waals surface area contributed by atoms with E-state index in [9.17, 15) is 18.0 Å². The van der Waals surface area contributed by atoms with Crippen molar-refractivity contribution in [2.24, 2.45) is 5.14 Å². The first kappa shape index (κ1) is 22.5. The van der Waals surface area contributed by atoms with Gasteiger partial charge in [0, 0.05) is 24.1 Å². The van der Waals surface area contributed by atoms with Gasteiger partial charge in [0.2, 0.25) is 10.0 Å². The maximum Gasteiger partial charge on any atom is 0.336 e. The first-order valence-corrected chi connectivity index (χ1v) is 11.3. The SMILES string of the molecule is CCc1cc(=O)oc2cc(O[C@H](C)C(=O)NCCc3ccc(S(N)(=O)=O)cc3)ccc12. The van der Waals surface area contributed by atoms with Gasteiger partial charge in [0.1, 0.15) is 11.3 Å². The summed E-state index contributed by atoms with van der Waals surface area (Å²) in [5.74, 6) is 0.121. The summed E-state index contributed by atoms with van der Waals surface area (Å²) in [5, 5.41) is 8.69. The van der Waals surface area contributed by atoms with Gasteiger partial charge in [-0.05, 0) is 55.2 Å². The Morgan fingerprint density at radius 3 is 2.52 bits per heavy atom. The van der Waals surface area contributed by atoms with Gasteiger partial charge in [0.15, 0.2) is 6.10 Å². The third-order valence-corrected chi connectivity index (χ3v) is 5.76. The molecule has 0 aliphatic heterocycles. The van der Waals surface area contributed by atoms with Gasteiger partial charge in [-0.25, -0.2) is 18.4 Å². The molecule has 164 valence electrons. The van der Waals surface area contributed by atoms with Gasteiger partial charge in [-0.15, -0.1) is 0 Å². The number of benzene rings is 2. The molecule has 0 bridgehead atoms. The smallest absolute Gasteiger partial charge is 0.336 e. The molecule has 1 amide bonds. The van der Waals surface area contributed by atoms with Crippen LogP contribution in [-0.4, -0.2) is 27.0 Å². The number of sulfonamides is 1. The van der Waals surface area contributed by atoms with Crippen LogP contribution < -0.4 is 20.8 Å². The zero-order valence-electron chi connectivity index (χ0n) is 17.3. The largest absolute Gasteiger partial charge is 0.481 e. The van der Waals surface area contributed by atoms with Crippen molar-refractivity contribution in [1.29, 1.82) is 0 Å². The molecular weight excluding hydrogens is 420 g/mol.